The molecule has 1 atom stereocenters. The zero-order valence-corrected chi connectivity index (χ0v) is 9.72. The summed E-state index contributed by atoms with van der Waals surface area (Å²) < 4.78 is 10.1. The van der Waals surface area contributed by atoms with Gasteiger partial charge in [0.25, 0.3) is 0 Å². The van der Waals surface area contributed by atoms with E-state index in [-0.39, 0.29) is 11.9 Å². The van der Waals surface area contributed by atoms with Crippen molar-refractivity contribution in [3.63, 3.8) is 0 Å². The predicted molar refractivity (Wildman–Crippen MR) is 55.1 cm³/mol. The van der Waals surface area contributed by atoms with Gasteiger partial charge >= 0.3 is 5.97 Å². The molecule has 0 radical (unpaired) electrons. The van der Waals surface area contributed by atoms with Crippen molar-refractivity contribution >= 4 is 5.97 Å². The van der Waals surface area contributed by atoms with Crippen LogP contribution in [0.25, 0.3) is 0 Å². The molecule has 0 aliphatic carbocycles. The van der Waals surface area contributed by atoms with Crippen LogP contribution in [0.3, 0.4) is 0 Å². The van der Waals surface area contributed by atoms with Gasteiger partial charge in [0.15, 0.2) is 0 Å². The molecule has 84 valence electrons. The standard InChI is InChI=1S/C10H21NO3/c1-6-14-9(12)10(11-4,7-13-5)8(2)3/h8,11H,6-7H2,1-5H3. The molecule has 0 heterocycles. The first-order valence-corrected chi connectivity index (χ1v) is 4.90. The second-order valence-corrected chi connectivity index (χ2v) is 3.53. The van der Waals surface area contributed by atoms with E-state index in [9.17, 15) is 4.79 Å². The van der Waals surface area contributed by atoms with E-state index in [1.54, 1.807) is 21.1 Å². The number of esters is 1. The van der Waals surface area contributed by atoms with Gasteiger partial charge in [0.2, 0.25) is 0 Å². The summed E-state index contributed by atoms with van der Waals surface area (Å²) in [6.45, 7) is 6.43. The number of hydrogen-bond donors (Lipinski definition) is 1. The summed E-state index contributed by atoms with van der Waals surface area (Å²) >= 11 is 0. The van der Waals surface area contributed by atoms with E-state index in [0.717, 1.165) is 0 Å². The average Bonchev–Trinajstić information content (AvgIpc) is 2.14. The van der Waals surface area contributed by atoms with Crippen LogP contribution in [0.15, 0.2) is 0 Å². The van der Waals surface area contributed by atoms with Gasteiger partial charge in [0.05, 0.1) is 13.2 Å². The van der Waals surface area contributed by atoms with E-state index in [0.29, 0.717) is 13.2 Å². The molecular weight excluding hydrogens is 182 g/mol. The zero-order chi connectivity index (χ0) is 11.2. The smallest absolute Gasteiger partial charge is 0.329 e. The Balaban J connectivity index is 4.73. The van der Waals surface area contributed by atoms with Gasteiger partial charge in [0.1, 0.15) is 5.54 Å². The number of methoxy groups -OCH3 is 1. The first-order valence-electron chi connectivity index (χ1n) is 4.90. The van der Waals surface area contributed by atoms with Gasteiger partial charge in [-0.15, -0.1) is 0 Å². The molecule has 0 aliphatic rings. The van der Waals surface area contributed by atoms with Gasteiger partial charge < -0.3 is 14.8 Å². The lowest BCUT2D eigenvalue weighted by Crippen LogP contribution is -2.58. The Hall–Kier alpha value is -0.610. The van der Waals surface area contributed by atoms with E-state index in [4.69, 9.17) is 9.47 Å². The number of hydrogen-bond acceptors (Lipinski definition) is 4. The summed E-state index contributed by atoms with van der Waals surface area (Å²) in [5.41, 5.74) is -0.731. The number of likely N-dealkylation sites (N-methyl/N-ethyl adjacent to an activating group) is 1. The van der Waals surface area contributed by atoms with E-state index in [2.05, 4.69) is 5.32 Å². The Bertz CT molecular complexity index is 182. The minimum Gasteiger partial charge on any atom is -0.465 e. The van der Waals surface area contributed by atoms with Crippen molar-refractivity contribution in [1.82, 2.24) is 5.32 Å². The van der Waals surface area contributed by atoms with Gasteiger partial charge in [0, 0.05) is 7.11 Å². The van der Waals surface area contributed by atoms with Crippen LogP contribution >= 0.6 is 0 Å². The molecule has 0 aromatic rings. The number of nitrogens with one attached hydrogen (secondary N) is 1. The molecule has 0 amide bonds. The van der Waals surface area contributed by atoms with Crippen molar-refractivity contribution in [3.8, 4) is 0 Å². The number of carbonyl (C=O) groups excluding carboxylic acids is 1. The zero-order valence-electron chi connectivity index (χ0n) is 9.72. The van der Waals surface area contributed by atoms with Crippen molar-refractivity contribution in [1.29, 1.82) is 0 Å². The SMILES string of the molecule is CCOC(=O)C(COC)(NC)C(C)C. The van der Waals surface area contributed by atoms with Crippen LogP contribution in [0.5, 0.6) is 0 Å². The molecule has 1 N–H and O–H groups in total. The second-order valence-electron chi connectivity index (χ2n) is 3.53. The summed E-state index contributed by atoms with van der Waals surface area (Å²) in [6, 6.07) is 0. The molecular formula is C10H21NO3. The van der Waals surface area contributed by atoms with Crippen molar-refractivity contribution < 1.29 is 14.3 Å². The summed E-state index contributed by atoms with van der Waals surface area (Å²) in [5.74, 6) is -0.133. The fourth-order valence-electron chi connectivity index (χ4n) is 1.41. The van der Waals surface area contributed by atoms with Crippen LogP contribution in [0.4, 0.5) is 0 Å². The number of ether oxygens (including phenoxy) is 2. The highest BCUT2D eigenvalue weighted by molar-refractivity contribution is 5.81. The van der Waals surface area contributed by atoms with Gasteiger partial charge in [-0.2, -0.15) is 0 Å². The minimum absolute atomic E-state index is 0.117. The summed E-state index contributed by atoms with van der Waals surface area (Å²) in [5, 5.41) is 3.00. The molecule has 0 saturated heterocycles. The van der Waals surface area contributed by atoms with Crippen LogP contribution in [0.1, 0.15) is 20.8 Å². The normalized spacial score (nSPS) is 15.3. The maximum Gasteiger partial charge on any atom is 0.329 e. The number of carbonyl (C=O) groups is 1. The third kappa shape index (κ3) is 2.69. The summed E-state index contributed by atoms with van der Waals surface area (Å²) in [6.07, 6.45) is 0. The Morgan fingerprint density at radius 2 is 2.07 bits per heavy atom. The molecule has 14 heavy (non-hydrogen) atoms. The van der Waals surface area contributed by atoms with Gasteiger partial charge in [-0.25, -0.2) is 4.79 Å². The summed E-state index contributed by atoms with van der Waals surface area (Å²) in [7, 11) is 3.32. The minimum atomic E-state index is -0.731. The molecule has 0 aromatic carbocycles. The van der Waals surface area contributed by atoms with Gasteiger partial charge in [-0.3, -0.25) is 0 Å². The highest BCUT2D eigenvalue weighted by Gasteiger charge is 2.41. The molecule has 4 heteroatoms. The maximum atomic E-state index is 11.8. The van der Waals surface area contributed by atoms with E-state index < -0.39 is 5.54 Å². The third-order valence-corrected chi connectivity index (χ3v) is 2.44. The topological polar surface area (TPSA) is 47.6 Å². The second kappa shape index (κ2) is 5.98. The summed E-state index contributed by atoms with van der Waals surface area (Å²) in [4.78, 5) is 11.8. The fourth-order valence-corrected chi connectivity index (χ4v) is 1.41. The highest BCUT2D eigenvalue weighted by atomic mass is 16.5. The molecule has 1 unspecified atom stereocenters. The first kappa shape index (κ1) is 13.4. The lowest BCUT2D eigenvalue weighted by molar-refractivity contribution is -0.156. The average molecular weight is 203 g/mol. The van der Waals surface area contributed by atoms with E-state index >= 15 is 0 Å². The van der Waals surface area contributed by atoms with Crippen molar-refractivity contribution in [2.45, 2.75) is 26.3 Å². The van der Waals surface area contributed by atoms with E-state index in [1.807, 2.05) is 13.8 Å². The molecule has 0 spiro atoms. The number of rotatable bonds is 6. The van der Waals surface area contributed by atoms with Crippen LogP contribution in [-0.4, -0.2) is 38.9 Å². The first-order chi connectivity index (χ1) is 6.55. The van der Waals surface area contributed by atoms with Crippen molar-refractivity contribution in [3.05, 3.63) is 0 Å². The van der Waals surface area contributed by atoms with Gasteiger partial charge in [-0.05, 0) is 19.9 Å². The Morgan fingerprint density at radius 3 is 2.36 bits per heavy atom. The van der Waals surface area contributed by atoms with Gasteiger partial charge in [-0.1, -0.05) is 13.8 Å². The van der Waals surface area contributed by atoms with Crippen molar-refractivity contribution in [2.24, 2.45) is 5.92 Å². The quantitative estimate of drug-likeness (QED) is 0.649. The Kier molecular flexibility index (Phi) is 5.72. The maximum absolute atomic E-state index is 11.8. The molecule has 0 bridgehead atoms. The lowest BCUT2D eigenvalue weighted by Gasteiger charge is -2.33. The molecule has 0 rings (SSSR count). The molecule has 0 saturated carbocycles. The molecule has 0 aliphatic heterocycles. The molecule has 0 aromatic heterocycles. The Morgan fingerprint density at radius 1 is 1.50 bits per heavy atom. The van der Waals surface area contributed by atoms with Crippen LogP contribution in [0, 0.1) is 5.92 Å². The van der Waals surface area contributed by atoms with Crippen LogP contribution in [0.2, 0.25) is 0 Å². The Labute approximate surface area is 86.0 Å². The monoisotopic (exact) mass is 203 g/mol. The third-order valence-electron chi connectivity index (χ3n) is 2.44. The van der Waals surface area contributed by atoms with E-state index in [1.165, 1.54) is 0 Å². The largest absolute Gasteiger partial charge is 0.465 e. The fraction of sp³-hybridized carbons (Fsp3) is 0.900. The lowest BCUT2D eigenvalue weighted by atomic mass is 9.87. The van der Waals surface area contributed by atoms with Crippen molar-refractivity contribution in [2.75, 3.05) is 27.4 Å². The highest BCUT2D eigenvalue weighted by Crippen LogP contribution is 2.19. The molecule has 4 nitrogen and oxygen atoms in total. The van der Waals surface area contributed by atoms with Crippen LogP contribution < -0.4 is 5.32 Å². The molecule has 0 fully saturated rings. The van der Waals surface area contributed by atoms with Crippen LogP contribution in [-0.2, 0) is 14.3 Å². The predicted octanol–water partition coefficient (Wildman–Crippen LogP) is 0.810.